The van der Waals surface area contributed by atoms with Crippen LogP contribution in [0.25, 0.3) is 0 Å². The van der Waals surface area contributed by atoms with Gasteiger partial charge in [0.1, 0.15) is 7.45 Å². The molecule has 1 aliphatic rings. The quantitative estimate of drug-likeness (QED) is 0.618. The molecule has 0 bridgehead atoms. The molecule has 5 heteroatoms. The Labute approximate surface area is 78.0 Å². The van der Waals surface area contributed by atoms with Crippen LogP contribution < -0.4 is 5.73 Å². The van der Waals surface area contributed by atoms with Gasteiger partial charge in [0.05, 0.1) is 6.04 Å². The summed E-state index contributed by atoms with van der Waals surface area (Å²) in [4.78, 5) is 23.7. The van der Waals surface area contributed by atoms with Gasteiger partial charge in [0.25, 0.3) is 0 Å². The molecule has 1 heterocycles. The number of nitrogens with zero attached hydrogens (tertiary/aromatic N) is 1. The van der Waals surface area contributed by atoms with Crippen molar-refractivity contribution in [1.29, 1.82) is 0 Å². The van der Waals surface area contributed by atoms with Crippen molar-refractivity contribution < 1.29 is 16.1 Å². The Morgan fingerprint density at radius 2 is 2.46 bits per heavy atom. The first-order valence-electron chi connectivity index (χ1n) is 4.78. The highest BCUT2D eigenvalue weighted by molar-refractivity contribution is 5.87. The minimum absolute atomic E-state index is 0.315. The van der Waals surface area contributed by atoms with Crippen LogP contribution in [0.15, 0.2) is 0 Å². The zero-order chi connectivity index (χ0) is 10.7. The molecule has 0 saturated carbocycles. The van der Waals surface area contributed by atoms with Crippen molar-refractivity contribution in [2.75, 3.05) is 6.54 Å². The minimum Gasteiger partial charge on any atom is -0.480 e. The van der Waals surface area contributed by atoms with Crippen LogP contribution in [0, 0.1) is 0 Å². The lowest BCUT2D eigenvalue weighted by Gasteiger charge is -2.22. The van der Waals surface area contributed by atoms with E-state index in [2.05, 4.69) is 5.73 Å². The number of rotatable bonds is 3. The van der Waals surface area contributed by atoms with Gasteiger partial charge >= 0.3 is 5.97 Å². The molecule has 1 amide bonds. The van der Waals surface area contributed by atoms with Gasteiger partial charge in [-0.25, -0.2) is 4.79 Å². The Morgan fingerprint density at radius 3 is 3.00 bits per heavy atom. The van der Waals surface area contributed by atoms with Crippen LogP contribution in [0.2, 0.25) is 1.41 Å². The molecule has 0 spiro atoms. The highest BCUT2D eigenvalue weighted by atomic mass is 16.4. The Balaban J connectivity index is 2.67. The van der Waals surface area contributed by atoms with E-state index in [0.29, 0.717) is 19.4 Å². The van der Waals surface area contributed by atoms with E-state index in [4.69, 9.17) is 6.52 Å². The van der Waals surface area contributed by atoms with Gasteiger partial charge < -0.3 is 15.7 Å². The molecule has 3 N–H and O–H groups in total. The van der Waals surface area contributed by atoms with Crippen LogP contribution in [0.1, 0.15) is 19.8 Å². The summed E-state index contributed by atoms with van der Waals surface area (Å²) in [5.74, 6) is -1.28. The van der Waals surface area contributed by atoms with Gasteiger partial charge in [-0.05, 0) is 19.8 Å². The number of carbonyl (C=O) groups excluding carboxylic acids is 1. The standard InChI is InChI=1S/C8H14N2O3/c1-5(9)7(11)10-4-2-3-6(10)8(12)13/h5-6H,2-4,9H2,1H3,(H,12,13)/t5-,6-/m0/s1/i/hD. The van der Waals surface area contributed by atoms with E-state index in [1.54, 1.807) is 6.92 Å². The maximum absolute atomic E-state index is 11.6. The third-order valence-electron chi connectivity index (χ3n) is 2.19. The summed E-state index contributed by atoms with van der Waals surface area (Å²) in [6, 6.07) is -1.35. The molecule has 74 valence electrons. The third kappa shape index (κ3) is 1.98. The number of hydrogen-bond acceptors (Lipinski definition) is 3. The number of amides is 1. The van der Waals surface area contributed by atoms with Gasteiger partial charge in [0.15, 0.2) is 0 Å². The molecule has 13 heavy (non-hydrogen) atoms. The van der Waals surface area contributed by atoms with Crippen LogP contribution >= 0.6 is 0 Å². The lowest BCUT2D eigenvalue weighted by molar-refractivity contribution is -0.148. The summed E-state index contributed by atoms with van der Waals surface area (Å²) in [5.41, 5.74) is 2.07. The zero-order valence-electron chi connectivity index (χ0n) is 8.49. The van der Waals surface area contributed by atoms with Crippen LogP contribution in [-0.2, 0) is 9.59 Å². The van der Waals surface area contributed by atoms with Gasteiger partial charge in [0, 0.05) is 6.54 Å². The van der Waals surface area contributed by atoms with Gasteiger partial charge in [-0.3, -0.25) is 4.79 Å². The second-order valence-electron chi connectivity index (χ2n) is 3.25. The highest BCUT2D eigenvalue weighted by Gasteiger charge is 2.34. The summed E-state index contributed by atoms with van der Waals surface area (Å²) in [6.45, 7) is 2.02. The van der Waals surface area contributed by atoms with Crippen molar-refractivity contribution in [3.8, 4) is 0 Å². The van der Waals surface area contributed by atoms with E-state index >= 15 is 0 Å². The number of carbonyl (C=O) groups is 2. The van der Waals surface area contributed by atoms with Crippen molar-refractivity contribution in [3.63, 3.8) is 0 Å². The van der Waals surface area contributed by atoms with E-state index in [9.17, 15) is 9.59 Å². The molecule has 2 atom stereocenters. The molecule has 0 aromatic heterocycles. The summed E-state index contributed by atoms with van der Waals surface area (Å²) >= 11 is 0. The molecule has 1 fully saturated rings. The van der Waals surface area contributed by atoms with E-state index < -0.39 is 18.1 Å². The average Bonchev–Trinajstić information content (AvgIpc) is 2.63. The van der Waals surface area contributed by atoms with Crippen molar-refractivity contribution in [1.82, 2.24) is 4.90 Å². The number of carboxylic acids is 1. The first-order chi connectivity index (χ1) is 6.57. The van der Waals surface area contributed by atoms with E-state index in [1.807, 2.05) is 0 Å². The van der Waals surface area contributed by atoms with Crippen molar-refractivity contribution in [3.05, 3.63) is 0 Å². The van der Waals surface area contributed by atoms with Crippen molar-refractivity contribution in [2.45, 2.75) is 31.8 Å². The summed E-state index contributed by atoms with van der Waals surface area (Å²) in [5, 5.41) is 8.83. The number of carboxylic acid groups (broad SMARTS) is 1. The largest absolute Gasteiger partial charge is 0.480 e. The van der Waals surface area contributed by atoms with E-state index in [1.165, 1.54) is 4.90 Å². The summed E-state index contributed by atoms with van der Waals surface area (Å²) in [6.07, 6.45) is 1.22. The average molecular weight is 187 g/mol. The predicted molar refractivity (Wildman–Crippen MR) is 46.0 cm³/mol. The fourth-order valence-electron chi connectivity index (χ4n) is 1.54. The summed E-state index contributed by atoms with van der Waals surface area (Å²) in [7, 11) is 0. The zero-order valence-corrected chi connectivity index (χ0v) is 7.49. The normalized spacial score (nSPS) is 25.5. The Kier molecular flexibility index (Phi) is 2.44. The fraction of sp³-hybridized carbons (Fsp3) is 0.750. The van der Waals surface area contributed by atoms with Crippen molar-refractivity contribution in [2.24, 2.45) is 5.73 Å². The molecule has 0 unspecified atom stereocenters. The maximum atomic E-state index is 11.6. The van der Waals surface area contributed by atoms with Gasteiger partial charge in [-0.1, -0.05) is 0 Å². The molecule has 1 rings (SSSR count). The van der Waals surface area contributed by atoms with Gasteiger partial charge in [-0.15, -0.1) is 0 Å². The first kappa shape index (κ1) is 8.50. The highest BCUT2D eigenvalue weighted by Crippen LogP contribution is 2.17. The molecule has 0 aromatic rings. The molecule has 0 aliphatic carbocycles. The minimum atomic E-state index is -0.965. The molecule has 0 radical (unpaired) electrons. The van der Waals surface area contributed by atoms with Gasteiger partial charge in [-0.2, -0.15) is 0 Å². The smallest absolute Gasteiger partial charge is 0.326 e. The molecular weight excluding hydrogens is 172 g/mol. The Hall–Kier alpha value is -1.10. The fourth-order valence-corrected chi connectivity index (χ4v) is 1.54. The SMILES string of the molecule is [2H]N[C@@H](C)C(=O)N1CCC[C@H]1C(=O)O. The topological polar surface area (TPSA) is 83.6 Å². The molecule has 5 nitrogen and oxygen atoms in total. The molecule has 1 aliphatic heterocycles. The van der Waals surface area contributed by atoms with Crippen molar-refractivity contribution >= 4 is 11.9 Å². The lowest BCUT2D eigenvalue weighted by Crippen LogP contribution is -2.47. The lowest BCUT2D eigenvalue weighted by atomic mass is 10.2. The molecular formula is C8H14N2O3. The van der Waals surface area contributed by atoms with E-state index in [-0.39, 0.29) is 5.91 Å². The number of likely N-dealkylation sites (tertiary alicyclic amines) is 1. The third-order valence-corrected chi connectivity index (χ3v) is 2.19. The van der Waals surface area contributed by atoms with E-state index in [0.717, 1.165) is 0 Å². The monoisotopic (exact) mass is 187 g/mol. The maximum Gasteiger partial charge on any atom is 0.326 e. The van der Waals surface area contributed by atoms with Crippen LogP contribution in [-0.4, -0.2) is 40.5 Å². The number of nitrogens with two attached hydrogens (primary N) is 1. The molecule has 0 aromatic carbocycles. The van der Waals surface area contributed by atoms with Crippen LogP contribution in [0.3, 0.4) is 0 Å². The second-order valence-corrected chi connectivity index (χ2v) is 3.25. The number of aliphatic carboxylic acids is 1. The van der Waals surface area contributed by atoms with Crippen LogP contribution in [0.5, 0.6) is 0 Å². The predicted octanol–water partition coefficient (Wildman–Crippen LogP) is -0.591. The molecule has 1 saturated heterocycles. The number of hydrogen-bond donors (Lipinski definition) is 2. The van der Waals surface area contributed by atoms with Gasteiger partial charge in [0.2, 0.25) is 5.91 Å². The first-order valence-corrected chi connectivity index (χ1v) is 4.28. The summed E-state index contributed by atoms with van der Waals surface area (Å²) < 4.78 is 6.83. The Morgan fingerprint density at radius 1 is 1.77 bits per heavy atom. The second kappa shape index (κ2) is 3.74. The Bertz CT molecular complexity index is 247. The van der Waals surface area contributed by atoms with Crippen LogP contribution in [0.4, 0.5) is 0 Å².